The molecule has 0 heterocycles. The Bertz CT molecular complexity index is 522. The molecule has 1 amide bonds. The van der Waals surface area contributed by atoms with Gasteiger partial charge < -0.3 is 10.1 Å². The summed E-state index contributed by atoms with van der Waals surface area (Å²) in [5.41, 5.74) is 5.72. The average molecular weight is 342 g/mol. The number of benzene rings is 1. The van der Waals surface area contributed by atoms with Gasteiger partial charge in [0.15, 0.2) is 5.11 Å². The van der Waals surface area contributed by atoms with Crippen molar-refractivity contribution < 1.29 is 9.53 Å². The molecule has 0 spiro atoms. The van der Waals surface area contributed by atoms with Crippen LogP contribution >= 0.6 is 24.0 Å². The topological polar surface area (TPSA) is 62.4 Å². The first kappa shape index (κ1) is 18.6. The van der Waals surface area contributed by atoms with E-state index >= 15 is 0 Å². The molecule has 0 bridgehead atoms. The Labute approximate surface area is 141 Å². The summed E-state index contributed by atoms with van der Waals surface area (Å²) in [6.07, 6.45) is 2.98. The van der Waals surface area contributed by atoms with Crippen LogP contribution in [0.2, 0.25) is 0 Å². The van der Waals surface area contributed by atoms with Crippen molar-refractivity contribution >= 4 is 35.0 Å². The highest BCUT2D eigenvalue weighted by molar-refractivity contribution is 7.98. The van der Waals surface area contributed by atoms with E-state index in [2.05, 4.69) is 30.0 Å². The standard InChI is InChI=1S/C15H23N3O2S2/c1-10(2)7-8-16-15(21)18-17-14(19)12-6-5-11(22-4)9-13(12)20-3/h5-6,9-10H,7-8H2,1-4H3,(H,17,19)(H2,16,18,21). The average Bonchev–Trinajstić information content (AvgIpc) is 2.51. The van der Waals surface area contributed by atoms with E-state index in [-0.39, 0.29) is 5.91 Å². The maximum Gasteiger partial charge on any atom is 0.273 e. The second-order valence-electron chi connectivity index (χ2n) is 5.08. The highest BCUT2D eigenvalue weighted by Crippen LogP contribution is 2.25. The third-order valence-corrected chi connectivity index (χ3v) is 3.92. The number of methoxy groups -OCH3 is 1. The first-order valence-corrected chi connectivity index (χ1v) is 8.67. The Morgan fingerprint density at radius 3 is 2.68 bits per heavy atom. The molecule has 5 nitrogen and oxygen atoms in total. The maximum absolute atomic E-state index is 12.2. The van der Waals surface area contributed by atoms with Crippen LogP contribution in [0.1, 0.15) is 30.6 Å². The van der Waals surface area contributed by atoms with Gasteiger partial charge in [-0.1, -0.05) is 13.8 Å². The minimum atomic E-state index is -0.294. The Hall–Kier alpha value is -1.47. The van der Waals surface area contributed by atoms with Crippen LogP contribution in [0.25, 0.3) is 0 Å². The lowest BCUT2D eigenvalue weighted by atomic mass is 10.1. The van der Waals surface area contributed by atoms with Gasteiger partial charge in [-0.05, 0) is 49.0 Å². The molecule has 3 N–H and O–H groups in total. The molecule has 0 aromatic heterocycles. The number of hydrazine groups is 1. The summed E-state index contributed by atoms with van der Waals surface area (Å²) in [4.78, 5) is 13.2. The van der Waals surface area contributed by atoms with Crippen molar-refractivity contribution in [2.45, 2.75) is 25.2 Å². The maximum atomic E-state index is 12.2. The largest absolute Gasteiger partial charge is 0.496 e. The normalized spacial score (nSPS) is 10.2. The van der Waals surface area contributed by atoms with Gasteiger partial charge >= 0.3 is 0 Å². The van der Waals surface area contributed by atoms with Crippen LogP contribution < -0.4 is 20.9 Å². The monoisotopic (exact) mass is 341 g/mol. The zero-order valence-corrected chi connectivity index (χ0v) is 15.0. The van der Waals surface area contributed by atoms with E-state index < -0.39 is 0 Å². The van der Waals surface area contributed by atoms with Crippen LogP contribution in [-0.2, 0) is 0 Å². The molecule has 0 unspecified atom stereocenters. The number of thiocarbonyl (C=S) groups is 1. The number of hydrogen-bond acceptors (Lipinski definition) is 4. The molecule has 0 aliphatic heterocycles. The lowest BCUT2D eigenvalue weighted by molar-refractivity contribution is 0.0940. The zero-order chi connectivity index (χ0) is 16.5. The van der Waals surface area contributed by atoms with Crippen LogP contribution in [0, 0.1) is 5.92 Å². The number of carbonyl (C=O) groups excluding carboxylic acids is 1. The van der Waals surface area contributed by atoms with Crippen molar-refractivity contribution in [3.8, 4) is 5.75 Å². The highest BCUT2D eigenvalue weighted by Gasteiger charge is 2.12. The quantitative estimate of drug-likeness (QED) is 0.420. The fraction of sp³-hybridized carbons (Fsp3) is 0.467. The number of thioether (sulfide) groups is 1. The van der Waals surface area contributed by atoms with Gasteiger partial charge in [0.25, 0.3) is 5.91 Å². The second-order valence-corrected chi connectivity index (χ2v) is 6.37. The minimum absolute atomic E-state index is 0.294. The van der Waals surface area contributed by atoms with Gasteiger partial charge in [0.2, 0.25) is 0 Å². The van der Waals surface area contributed by atoms with Gasteiger partial charge in [0, 0.05) is 11.4 Å². The van der Waals surface area contributed by atoms with Crippen LogP contribution in [0.5, 0.6) is 5.75 Å². The van der Waals surface area contributed by atoms with Gasteiger partial charge in [-0.25, -0.2) is 0 Å². The smallest absolute Gasteiger partial charge is 0.273 e. The summed E-state index contributed by atoms with van der Waals surface area (Å²) in [6.45, 7) is 5.06. The Morgan fingerprint density at radius 1 is 1.36 bits per heavy atom. The minimum Gasteiger partial charge on any atom is -0.496 e. The van der Waals surface area contributed by atoms with Gasteiger partial charge in [-0.3, -0.25) is 15.6 Å². The molecule has 122 valence electrons. The molecule has 0 aliphatic carbocycles. The van der Waals surface area contributed by atoms with Gasteiger partial charge in [0.1, 0.15) is 5.75 Å². The molecule has 1 aromatic rings. The number of hydrogen-bond donors (Lipinski definition) is 3. The van der Waals surface area contributed by atoms with Crippen molar-refractivity contribution in [1.82, 2.24) is 16.2 Å². The third-order valence-electron chi connectivity index (χ3n) is 2.95. The SMILES string of the molecule is COc1cc(SC)ccc1C(=O)NNC(=S)NCCC(C)C. The number of amides is 1. The number of rotatable bonds is 6. The molecule has 0 saturated carbocycles. The summed E-state index contributed by atoms with van der Waals surface area (Å²) in [5, 5.41) is 3.44. The Balaban J connectivity index is 2.53. The van der Waals surface area contributed by atoms with E-state index in [1.807, 2.05) is 18.4 Å². The van der Waals surface area contributed by atoms with Crippen molar-refractivity contribution in [2.75, 3.05) is 19.9 Å². The molecule has 0 saturated heterocycles. The number of nitrogens with one attached hydrogen (secondary N) is 3. The fourth-order valence-electron chi connectivity index (χ4n) is 1.69. The lowest BCUT2D eigenvalue weighted by Gasteiger charge is -2.14. The fourth-order valence-corrected chi connectivity index (χ4v) is 2.27. The number of carbonyl (C=O) groups is 1. The summed E-state index contributed by atoms with van der Waals surface area (Å²) in [5.74, 6) is 0.839. The third kappa shape index (κ3) is 6.11. The molecule has 0 fully saturated rings. The van der Waals surface area contributed by atoms with Crippen molar-refractivity contribution in [2.24, 2.45) is 5.92 Å². The van der Waals surface area contributed by atoms with Gasteiger partial charge in [-0.2, -0.15) is 0 Å². The molecular formula is C15H23N3O2S2. The van der Waals surface area contributed by atoms with E-state index in [0.29, 0.717) is 22.3 Å². The summed E-state index contributed by atoms with van der Waals surface area (Å²) >= 11 is 6.69. The van der Waals surface area contributed by atoms with Crippen LogP contribution in [0.3, 0.4) is 0 Å². The molecule has 0 radical (unpaired) electrons. The molecule has 0 aliphatic rings. The van der Waals surface area contributed by atoms with E-state index in [1.165, 1.54) is 0 Å². The predicted octanol–water partition coefficient (Wildman–Crippen LogP) is 2.57. The van der Waals surface area contributed by atoms with E-state index in [1.54, 1.807) is 24.9 Å². The first-order chi connectivity index (χ1) is 10.5. The Morgan fingerprint density at radius 2 is 2.09 bits per heavy atom. The summed E-state index contributed by atoms with van der Waals surface area (Å²) in [6, 6.07) is 5.44. The van der Waals surface area contributed by atoms with Crippen molar-refractivity contribution in [3.05, 3.63) is 23.8 Å². The van der Waals surface area contributed by atoms with E-state index in [4.69, 9.17) is 17.0 Å². The first-order valence-electron chi connectivity index (χ1n) is 7.04. The molecule has 7 heteroatoms. The van der Waals surface area contributed by atoms with Crippen molar-refractivity contribution in [1.29, 1.82) is 0 Å². The van der Waals surface area contributed by atoms with Gasteiger partial charge in [-0.15, -0.1) is 11.8 Å². The van der Waals surface area contributed by atoms with Crippen LogP contribution in [-0.4, -0.2) is 30.9 Å². The number of ether oxygens (including phenoxy) is 1. The van der Waals surface area contributed by atoms with Crippen molar-refractivity contribution in [3.63, 3.8) is 0 Å². The highest BCUT2D eigenvalue weighted by atomic mass is 32.2. The molecule has 1 aromatic carbocycles. The van der Waals surface area contributed by atoms with Crippen LogP contribution in [0.4, 0.5) is 0 Å². The predicted molar refractivity (Wildman–Crippen MR) is 95.4 cm³/mol. The zero-order valence-electron chi connectivity index (χ0n) is 13.4. The molecule has 0 atom stereocenters. The summed E-state index contributed by atoms with van der Waals surface area (Å²) < 4.78 is 5.26. The molecule has 22 heavy (non-hydrogen) atoms. The summed E-state index contributed by atoms with van der Waals surface area (Å²) in [7, 11) is 1.54. The van der Waals surface area contributed by atoms with E-state index in [9.17, 15) is 4.79 Å². The van der Waals surface area contributed by atoms with Gasteiger partial charge in [0.05, 0.1) is 12.7 Å². The molecule has 1 rings (SSSR count). The molecular weight excluding hydrogens is 318 g/mol. The second kappa shape index (κ2) is 9.53. The van der Waals surface area contributed by atoms with E-state index in [0.717, 1.165) is 17.9 Å². The van der Waals surface area contributed by atoms with Crippen LogP contribution in [0.15, 0.2) is 23.1 Å². The lowest BCUT2D eigenvalue weighted by Crippen LogP contribution is -2.47. The Kier molecular flexibility index (Phi) is 8.05.